The molecule has 0 amide bonds. The summed E-state index contributed by atoms with van der Waals surface area (Å²) in [7, 11) is 0. The Morgan fingerprint density at radius 1 is 0.625 bits per heavy atom. The zero-order chi connectivity index (χ0) is 16.5. The second-order valence-corrected chi connectivity index (χ2v) is 8.91. The maximum absolute atomic E-state index is 3.89. The third kappa shape index (κ3) is 5.90. The molecular formula is C23H41N. The van der Waals surface area contributed by atoms with Gasteiger partial charge in [-0.3, -0.25) is 0 Å². The molecule has 1 N–H and O–H groups in total. The molecule has 1 saturated heterocycles. The first-order chi connectivity index (χ1) is 11.9. The van der Waals surface area contributed by atoms with E-state index in [1.807, 2.05) is 0 Å². The maximum atomic E-state index is 3.89. The summed E-state index contributed by atoms with van der Waals surface area (Å²) in [5.41, 5.74) is 0. The van der Waals surface area contributed by atoms with Crippen LogP contribution in [-0.4, -0.2) is 12.6 Å². The molecule has 2 aliphatic carbocycles. The van der Waals surface area contributed by atoms with Crippen LogP contribution in [0.25, 0.3) is 0 Å². The summed E-state index contributed by atoms with van der Waals surface area (Å²) in [6.07, 6.45) is 28.3. The van der Waals surface area contributed by atoms with Gasteiger partial charge in [0, 0.05) is 6.04 Å². The highest BCUT2D eigenvalue weighted by Crippen LogP contribution is 2.42. The first-order valence-electron chi connectivity index (χ1n) is 11.3. The summed E-state index contributed by atoms with van der Waals surface area (Å²) in [6.45, 7) is 1.28. The molecule has 3 aliphatic rings. The molecule has 3 rings (SSSR count). The molecular weight excluding hydrogens is 290 g/mol. The van der Waals surface area contributed by atoms with E-state index in [2.05, 4.69) is 17.5 Å². The van der Waals surface area contributed by atoms with Crippen molar-refractivity contribution in [2.75, 3.05) is 6.54 Å². The third-order valence-corrected chi connectivity index (χ3v) is 7.11. The Hall–Kier alpha value is -0.300. The Morgan fingerprint density at radius 3 is 2.29 bits per heavy atom. The summed E-state index contributed by atoms with van der Waals surface area (Å²) in [5.74, 6) is 3.05. The molecule has 1 heteroatoms. The predicted octanol–water partition coefficient (Wildman–Crippen LogP) is 6.63. The van der Waals surface area contributed by atoms with Crippen LogP contribution in [0.4, 0.5) is 0 Å². The van der Waals surface area contributed by atoms with Gasteiger partial charge in [0.05, 0.1) is 0 Å². The van der Waals surface area contributed by atoms with Crippen LogP contribution in [0.1, 0.15) is 103 Å². The van der Waals surface area contributed by atoms with Crippen LogP contribution >= 0.6 is 0 Å². The summed E-state index contributed by atoms with van der Waals surface area (Å²) in [5, 5.41) is 3.89. The average Bonchev–Trinajstić information content (AvgIpc) is 2.63. The van der Waals surface area contributed by atoms with Gasteiger partial charge in [-0.25, -0.2) is 0 Å². The van der Waals surface area contributed by atoms with E-state index < -0.39 is 0 Å². The number of piperidine rings is 1. The van der Waals surface area contributed by atoms with Gasteiger partial charge in [-0.15, -0.1) is 0 Å². The van der Waals surface area contributed by atoms with Crippen LogP contribution in [0.2, 0.25) is 0 Å². The van der Waals surface area contributed by atoms with Crippen LogP contribution in [-0.2, 0) is 0 Å². The monoisotopic (exact) mass is 331 g/mol. The Balaban J connectivity index is 1.56. The second kappa shape index (κ2) is 10.6. The number of hydrogen-bond donors (Lipinski definition) is 1. The molecule has 4 unspecified atom stereocenters. The molecule has 0 aromatic heterocycles. The van der Waals surface area contributed by atoms with Crippen molar-refractivity contribution >= 4 is 0 Å². The number of nitrogens with one attached hydrogen (secondary N) is 1. The van der Waals surface area contributed by atoms with E-state index in [-0.39, 0.29) is 0 Å². The lowest BCUT2D eigenvalue weighted by atomic mass is 9.67. The van der Waals surface area contributed by atoms with Crippen molar-refractivity contribution in [1.82, 2.24) is 5.32 Å². The van der Waals surface area contributed by atoms with Crippen molar-refractivity contribution in [2.24, 2.45) is 17.8 Å². The van der Waals surface area contributed by atoms with E-state index >= 15 is 0 Å². The molecule has 1 aliphatic heterocycles. The van der Waals surface area contributed by atoms with Crippen molar-refractivity contribution in [3.05, 3.63) is 12.2 Å². The molecule has 2 bridgehead atoms. The van der Waals surface area contributed by atoms with Gasteiger partial charge in [0.1, 0.15) is 0 Å². The van der Waals surface area contributed by atoms with E-state index in [1.54, 1.807) is 6.42 Å². The maximum Gasteiger partial charge on any atom is 0.00979 e. The highest BCUT2D eigenvalue weighted by molar-refractivity contribution is 4.90. The Labute approximate surface area is 151 Å². The highest BCUT2D eigenvalue weighted by Gasteiger charge is 2.35. The Morgan fingerprint density at radius 2 is 1.42 bits per heavy atom. The molecule has 1 nitrogen and oxygen atoms in total. The molecule has 0 spiro atoms. The molecule has 0 radical (unpaired) electrons. The fraction of sp³-hybridized carbons (Fsp3) is 0.913. The van der Waals surface area contributed by atoms with E-state index in [4.69, 9.17) is 0 Å². The lowest BCUT2D eigenvalue weighted by molar-refractivity contribution is 0.112. The second-order valence-electron chi connectivity index (χ2n) is 8.91. The van der Waals surface area contributed by atoms with Crippen LogP contribution in [0.5, 0.6) is 0 Å². The van der Waals surface area contributed by atoms with Gasteiger partial charge in [-0.2, -0.15) is 0 Å². The molecule has 1 saturated carbocycles. The average molecular weight is 332 g/mol. The van der Waals surface area contributed by atoms with E-state index in [0.717, 1.165) is 23.8 Å². The van der Waals surface area contributed by atoms with E-state index in [9.17, 15) is 0 Å². The van der Waals surface area contributed by atoms with E-state index in [1.165, 1.54) is 103 Å². The fourth-order valence-electron chi connectivity index (χ4n) is 5.71. The number of fused-ring (bicyclic) bond motifs is 2. The fourth-order valence-corrected chi connectivity index (χ4v) is 5.71. The standard InChI is InChI=1S/C23H41N/c1-2-4-6-8-10-14-21-19-20(13-9-7-5-3-1)16-17-22(21)23-15-11-12-18-24-23/h4,6,20-24H,1-3,5,7-19H2. The lowest BCUT2D eigenvalue weighted by Gasteiger charge is -2.42. The van der Waals surface area contributed by atoms with Crippen molar-refractivity contribution in [1.29, 1.82) is 0 Å². The van der Waals surface area contributed by atoms with Crippen molar-refractivity contribution in [2.45, 2.75) is 109 Å². The minimum absolute atomic E-state index is 0.849. The predicted molar refractivity (Wildman–Crippen MR) is 105 cm³/mol. The summed E-state index contributed by atoms with van der Waals surface area (Å²) in [4.78, 5) is 0. The molecule has 2 fully saturated rings. The summed E-state index contributed by atoms with van der Waals surface area (Å²) >= 11 is 0. The molecule has 0 aromatic rings. The highest BCUT2D eigenvalue weighted by atomic mass is 14.9. The molecule has 0 aromatic carbocycles. The van der Waals surface area contributed by atoms with Crippen LogP contribution in [0, 0.1) is 17.8 Å². The number of hydrogen-bond acceptors (Lipinski definition) is 1. The number of rotatable bonds is 1. The Bertz CT molecular complexity index is 355. The van der Waals surface area contributed by atoms with Gasteiger partial charge in [0.2, 0.25) is 0 Å². The van der Waals surface area contributed by atoms with Gasteiger partial charge in [0.15, 0.2) is 0 Å². The third-order valence-electron chi connectivity index (χ3n) is 7.11. The van der Waals surface area contributed by atoms with Crippen LogP contribution in [0.15, 0.2) is 12.2 Å². The zero-order valence-electron chi connectivity index (χ0n) is 16.0. The minimum atomic E-state index is 0.849. The largest absolute Gasteiger partial charge is 0.314 e. The van der Waals surface area contributed by atoms with E-state index in [0.29, 0.717) is 0 Å². The van der Waals surface area contributed by atoms with Gasteiger partial charge in [0.25, 0.3) is 0 Å². The first kappa shape index (κ1) is 18.5. The Kier molecular flexibility index (Phi) is 8.20. The van der Waals surface area contributed by atoms with Crippen molar-refractivity contribution in [3.63, 3.8) is 0 Å². The normalized spacial score (nSPS) is 37.3. The molecule has 1 heterocycles. The van der Waals surface area contributed by atoms with Crippen LogP contribution < -0.4 is 5.32 Å². The summed E-state index contributed by atoms with van der Waals surface area (Å²) in [6, 6.07) is 0.849. The van der Waals surface area contributed by atoms with Crippen molar-refractivity contribution in [3.8, 4) is 0 Å². The van der Waals surface area contributed by atoms with Gasteiger partial charge in [-0.1, -0.05) is 57.1 Å². The minimum Gasteiger partial charge on any atom is -0.314 e. The lowest BCUT2D eigenvalue weighted by Crippen LogP contribution is -2.45. The van der Waals surface area contributed by atoms with Gasteiger partial charge in [-0.05, 0) is 82.1 Å². The molecule has 4 atom stereocenters. The zero-order valence-corrected chi connectivity index (χ0v) is 16.0. The molecule has 138 valence electrons. The van der Waals surface area contributed by atoms with Gasteiger partial charge < -0.3 is 5.32 Å². The topological polar surface area (TPSA) is 12.0 Å². The van der Waals surface area contributed by atoms with Gasteiger partial charge >= 0.3 is 0 Å². The number of allylic oxidation sites excluding steroid dienone is 2. The summed E-state index contributed by atoms with van der Waals surface area (Å²) < 4.78 is 0. The van der Waals surface area contributed by atoms with Crippen molar-refractivity contribution < 1.29 is 0 Å². The quantitative estimate of drug-likeness (QED) is 0.532. The first-order valence-corrected chi connectivity index (χ1v) is 11.3. The van der Waals surface area contributed by atoms with Crippen LogP contribution in [0.3, 0.4) is 0 Å². The smallest absolute Gasteiger partial charge is 0.00979 e. The molecule has 24 heavy (non-hydrogen) atoms. The SMILES string of the molecule is C1=CCCCC2CC(CCCCCCC1)CCC2C1CCCCN1.